The highest BCUT2D eigenvalue weighted by molar-refractivity contribution is 9.10. The van der Waals surface area contributed by atoms with Crippen LogP contribution in [-0.2, 0) is 4.79 Å². The molecule has 2 nitrogen and oxygen atoms in total. The Morgan fingerprint density at radius 1 is 1.62 bits per heavy atom. The van der Waals surface area contributed by atoms with E-state index in [1.54, 1.807) is 0 Å². The molecule has 0 fully saturated rings. The van der Waals surface area contributed by atoms with Gasteiger partial charge in [-0.3, -0.25) is 4.79 Å². The van der Waals surface area contributed by atoms with Gasteiger partial charge in [0.2, 0.25) is 5.24 Å². The number of carbonyl (C=O) groups is 1. The maximum Gasteiger partial charge on any atom is 0.230 e. The molecular weight excluding hydrogens is 253 g/mol. The molecule has 1 unspecified atom stereocenters. The Hall–Kier alpha value is -0.540. The van der Waals surface area contributed by atoms with E-state index in [0.717, 1.165) is 15.7 Å². The van der Waals surface area contributed by atoms with E-state index in [4.69, 9.17) is 11.6 Å². The Balaban J connectivity index is 2.46. The van der Waals surface area contributed by atoms with Gasteiger partial charge in [-0.2, -0.15) is 0 Å². The van der Waals surface area contributed by atoms with Gasteiger partial charge in [0.25, 0.3) is 0 Å². The van der Waals surface area contributed by atoms with Crippen molar-refractivity contribution in [1.29, 1.82) is 0 Å². The Morgan fingerprint density at radius 3 is 3.08 bits per heavy atom. The van der Waals surface area contributed by atoms with E-state index in [0.29, 0.717) is 6.54 Å². The van der Waals surface area contributed by atoms with Crippen molar-refractivity contribution in [2.24, 2.45) is 0 Å². The topological polar surface area (TPSA) is 29.1 Å². The van der Waals surface area contributed by atoms with Crippen LogP contribution >= 0.6 is 27.5 Å². The van der Waals surface area contributed by atoms with Crippen molar-refractivity contribution in [3.63, 3.8) is 0 Å². The molecule has 13 heavy (non-hydrogen) atoms. The summed E-state index contributed by atoms with van der Waals surface area (Å²) in [5.74, 6) is -0.200. The minimum absolute atomic E-state index is 0.200. The molecule has 4 heteroatoms. The lowest BCUT2D eigenvalue weighted by Gasteiger charge is -2.03. The van der Waals surface area contributed by atoms with Gasteiger partial charge in [-0.05, 0) is 35.4 Å². The van der Waals surface area contributed by atoms with Gasteiger partial charge >= 0.3 is 0 Å². The third-order valence-corrected chi connectivity index (χ3v) is 2.92. The maximum atomic E-state index is 11.0. The van der Waals surface area contributed by atoms with Crippen molar-refractivity contribution in [2.45, 2.75) is 5.92 Å². The molecule has 1 aromatic rings. The minimum Gasteiger partial charge on any atom is -0.384 e. The van der Waals surface area contributed by atoms with Crippen molar-refractivity contribution in [1.82, 2.24) is 0 Å². The van der Waals surface area contributed by atoms with Gasteiger partial charge in [-0.15, -0.1) is 0 Å². The van der Waals surface area contributed by atoms with Crippen LogP contribution in [0.5, 0.6) is 0 Å². The van der Waals surface area contributed by atoms with Crippen LogP contribution in [0.3, 0.4) is 0 Å². The van der Waals surface area contributed by atoms with E-state index in [1.165, 1.54) is 0 Å². The van der Waals surface area contributed by atoms with E-state index in [-0.39, 0.29) is 11.2 Å². The molecule has 1 N–H and O–H groups in total. The fraction of sp³-hybridized carbons (Fsp3) is 0.222. The van der Waals surface area contributed by atoms with Gasteiger partial charge in [0.05, 0.1) is 5.92 Å². The summed E-state index contributed by atoms with van der Waals surface area (Å²) in [5, 5.41) is 2.83. The third-order valence-electron chi connectivity index (χ3n) is 2.16. The predicted octanol–water partition coefficient (Wildman–Crippen LogP) is 2.72. The lowest BCUT2D eigenvalue weighted by atomic mass is 10.0. The average molecular weight is 261 g/mol. The molecule has 0 radical (unpaired) electrons. The van der Waals surface area contributed by atoms with E-state index in [9.17, 15) is 4.79 Å². The third kappa shape index (κ3) is 1.58. The summed E-state index contributed by atoms with van der Waals surface area (Å²) in [6.07, 6.45) is 0. The van der Waals surface area contributed by atoms with Crippen LogP contribution in [0.1, 0.15) is 11.5 Å². The van der Waals surface area contributed by atoms with Crippen LogP contribution in [0.4, 0.5) is 5.69 Å². The second kappa shape index (κ2) is 3.31. The highest BCUT2D eigenvalue weighted by Gasteiger charge is 2.27. The van der Waals surface area contributed by atoms with Gasteiger partial charge < -0.3 is 5.32 Å². The van der Waals surface area contributed by atoms with Crippen LogP contribution in [0.25, 0.3) is 0 Å². The first-order valence-electron chi connectivity index (χ1n) is 3.91. The summed E-state index contributed by atoms with van der Waals surface area (Å²) in [7, 11) is 0. The van der Waals surface area contributed by atoms with Crippen LogP contribution in [0.15, 0.2) is 22.7 Å². The van der Waals surface area contributed by atoms with Crippen molar-refractivity contribution in [2.75, 3.05) is 11.9 Å². The number of benzene rings is 1. The average Bonchev–Trinajstić information content (AvgIpc) is 2.46. The highest BCUT2D eigenvalue weighted by Crippen LogP contribution is 2.34. The fourth-order valence-corrected chi connectivity index (χ4v) is 2.08. The van der Waals surface area contributed by atoms with Crippen molar-refractivity contribution >= 4 is 38.5 Å². The quantitative estimate of drug-likeness (QED) is 0.787. The standard InChI is InChI=1S/C9H7BrClNO/c10-5-1-2-8-6(3-5)7(4-12-8)9(11)13/h1-3,7,12H,4H2. The van der Waals surface area contributed by atoms with Gasteiger partial charge in [0.15, 0.2) is 0 Å². The van der Waals surface area contributed by atoms with E-state index in [1.807, 2.05) is 18.2 Å². The summed E-state index contributed by atoms with van der Waals surface area (Å²) in [4.78, 5) is 11.0. The molecule has 0 spiro atoms. The summed E-state index contributed by atoms with van der Waals surface area (Å²) in [6, 6.07) is 5.81. The first-order valence-corrected chi connectivity index (χ1v) is 5.08. The number of nitrogens with one attached hydrogen (secondary N) is 1. The normalized spacial score (nSPS) is 19.4. The monoisotopic (exact) mass is 259 g/mol. The number of halogens is 2. The van der Waals surface area contributed by atoms with Gasteiger partial charge in [0, 0.05) is 16.7 Å². The maximum absolute atomic E-state index is 11.0. The smallest absolute Gasteiger partial charge is 0.230 e. The Morgan fingerprint density at radius 2 is 2.38 bits per heavy atom. The summed E-state index contributed by atoms with van der Waals surface area (Å²) in [5.41, 5.74) is 1.98. The van der Waals surface area contributed by atoms with Crippen LogP contribution in [0, 0.1) is 0 Å². The summed E-state index contributed by atoms with van der Waals surface area (Å²) < 4.78 is 0.970. The molecule has 1 aromatic carbocycles. The zero-order valence-electron chi connectivity index (χ0n) is 6.68. The number of hydrogen-bond donors (Lipinski definition) is 1. The number of carbonyl (C=O) groups excluding carboxylic acids is 1. The lowest BCUT2D eigenvalue weighted by Crippen LogP contribution is -2.08. The Bertz CT molecular complexity index is 367. The second-order valence-corrected chi connectivity index (χ2v) is 4.26. The van der Waals surface area contributed by atoms with Crippen molar-refractivity contribution < 1.29 is 4.79 Å². The Labute approximate surface area is 89.4 Å². The van der Waals surface area contributed by atoms with Gasteiger partial charge in [0.1, 0.15) is 0 Å². The van der Waals surface area contributed by atoms with Gasteiger partial charge in [-0.25, -0.2) is 0 Å². The molecule has 0 aromatic heterocycles. The molecule has 1 heterocycles. The summed E-state index contributed by atoms with van der Waals surface area (Å²) in [6.45, 7) is 0.605. The minimum atomic E-state index is -0.302. The van der Waals surface area contributed by atoms with E-state index < -0.39 is 0 Å². The molecular formula is C9H7BrClNO. The fourth-order valence-electron chi connectivity index (χ4n) is 1.51. The first-order chi connectivity index (χ1) is 6.18. The zero-order chi connectivity index (χ0) is 9.42. The number of anilines is 1. The van der Waals surface area contributed by atoms with Crippen molar-refractivity contribution in [3.05, 3.63) is 28.2 Å². The molecule has 1 aliphatic heterocycles. The molecule has 68 valence electrons. The van der Waals surface area contributed by atoms with E-state index >= 15 is 0 Å². The number of fused-ring (bicyclic) bond motifs is 1. The molecule has 0 saturated heterocycles. The first kappa shape index (κ1) is 9.03. The van der Waals surface area contributed by atoms with Crippen LogP contribution < -0.4 is 5.32 Å². The molecule has 0 aliphatic carbocycles. The molecule has 0 bridgehead atoms. The molecule has 1 atom stereocenters. The lowest BCUT2D eigenvalue weighted by molar-refractivity contribution is -0.112. The molecule has 0 amide bonds. The van der Waals surface area contributed by atoms with Gasteiger partial charge in [-0.1, -0.05) is 15.9 Å². The number of rotatable bonds is 1. The Kier molecular flexibility index (Phi) is 2.30. The summed E-state index contributed by atoms with van der Waals surface area (Å²) >= 11 is 8.83. The highest BCUT2D eigenvalue weighted by atomic mass is 79.9. The number of hydrogen-bond acceptors (Lipinski definition) is 2. The van der Waals surface area contributed by atoms with Crippen molar-refractivity contribution in [3.8, 4) is 0 Å². The second-order valence-electron chi connectivity index (χ2n) is 2.97. The molecule has 1 aliphatic rings. The zero-order valence-corrected chi connectivity index (χ0v) is 9.02. The van der Waals surface area contributed by atoms with E-state index in [2.05, 4.69) is 21.2 Å². The van der Waals surface area contributed by atoms with Crippen LogP contribution in [-0.4, -0.2) is 11.8 Å². The SMILES string of the molecule is O=C(Cl)C1CNc2ccc(Br)cc21. The largest absolute Gasteiger partial charge is 0.384 e. The van der Waals surface area contributed by atoms with Crippen LogP contribution in [0.2, 0.25) is 0 Å². The molecule has 2 rings (SSSR count). The predicted molar refractivity (Wildman–Crippen MR) is 56.2 cm³/mol. The molecule has 0 saturated carbocycles.